The molecule has 0 unspecified atom stereocenters. The lowest BCUT2D eigenvalue weighted by Gasteiger charge is -2.31. The first-order valence-corrected chi connectivity index (χ1v) is 5.93. The number of nitrogens with zero attached hydrogens (tertiary/aromatic N) is 1. The first kappa shape index (κ1) is 13.8. The number of aliphatic hydroxyl groups excluding tert-OH is 1. The van der Waals surface area contributed by atoms with Crippen LogP contribution in [-0.4, -0.2) is 52.9 Å². The largest absolute Gasteiger partial charge is 0.480 e. The average molecular weight is 244 g/mol. The molecule has 0 aromatic carbocycles. The Morgan fingerprint density at radius 1 is 1.41 bits per heavy atom. The van der Waals surface area contributed by atoms with Gasteiger partial charge in [-0.15, -0.1) is 0 Å². The van der Waals surface area contributed by atoms with Crippen molar-refractivity contribution in [2.45, 2.75) is 32.2 Å². The predicted molar refractivity (Wildman–Crippen MR) is 61.6 cm³/mol. The molecule has 17 heavy (non-hydrogen) atoms. The number of nitrogens with one attached hydrogen (secondary N) is 1. The summed E-state index contributed by atoms with van der Waals surface area (Å²) in [5.41, 5.74) is 0. The van der Waals surface area contributed by atoms with E-state index in [0.29, 0.717) is 19.0 Å². The zero-order chi connectivity index (χ0) is 12.8. The molecule has 6 nitrogen and oxygen atoms in total. The number of urea groups is 1. The number of carbonyl (C=O) groups is 2. The molecule has 0 saturated carbocycles. The molecule has 0 radical (unpaired) electrons. The van der Waals surface area contributed by atoms with Crippen LogP contribution in [0.3, 0.4) is 0 Å². The zero-order valence-electron chi connectivity index (χ0n) is 10.1. The first-order chi connectivity index (χ1) is 8.04. The van der Waals surface area contributed by atoms with Crippen LogP contribution in [0, 0.1) is 5.92 Å². The topological polar surface area (TPSA) is 89.9 Å². The number of amides is 2. The Balaban J connectivity index is 2.44. The van der Waals surface area contributed by atoms with Gasteiger partial charge in [-0.1, -0.05) is 6.92 Å². The summed E-state index contributed by atoms with van der Waals surface area (Å²) in [6, 6.07) is -1.36. The average Bonchev–Trinajstić information content (AvgIpc) is 2.29. The van der Waals surface area contributed by atoms with E-state index in [9.17, 15) is 9.59 Å². The van der Waals surface area contributed by atoms with Gasteiger partial charge in [0.15, 0.2) is 0 Å². The van der Waals surface area contributed by atoms with Gasteiger partial charge >= 0.3 is 12.0 Å². The summed E-state index contributed by atoms with van der Waals surface area (Å²) in [6.07, 6.45) is 1.93. The summed E-state index contributed by atoms with van der Waals surface area (Å²) >= 11 is 0. The molecule has 0 aromatic rings. The maximum Gasteiger partial charge on any atom is 0.326 e. The number of hydrogen-bond donors (Lipinski definition) is 3. The highest BCUT2D eigenvalue weighted by Gasteiger charge is 2.25. The molecule has 3 N–H and O–H groups in total. The molecule has 1 fully saturated rings. The molecule has 1 heterocycles. The van der Waals surface area contributed by atoms with Gasteiger partial charge in [0.05, 0.1) is 0 Å². The minimum atomic E-state index is -1.11. The minimum absolute atomic E-state index is 0.0331. The third-order valence-electron chi connectivity index (χ3n) is 3.08. The number of rotatable bonds is 4. The van der Waals surface area contributed by atoms with Crippen LogP contribution in [0.1, 0.15) is 26.2 Å². The van der Waals surface area contributed by atoms with Gasteiger partial charge in [-0.2, -0.15) is 0 Å². The van der Waals surface area contributed by atoms with Crippen molar-refractivity contribution >= 4 is 12.0 Å². The standard InChI is InChI=1S/C11H20N2O4/c1-8-2-5-13(6-3-8)11(17)12-9(4-7-14)10(15)16/h8-9,14H,2-7H2,1H3,(H,12,17)(H,15,16)/t9-/m1/s1. The molecule has 0 aromatic heterocycles. The number of likely N-dealkylation sites (tertiary alicyclic amines) is 1. The van der Waals surface area contributed by atoms with Gasteiger partial charge in [0, 0.05) is 26.1 Å². The van der Waals surface area contributed by atoms with Crippen molar-refractivity contribution in [2.24, 2.45) is 5.92 Å². The fraction of sp³-hybridized carbons (Fsp3) is 0.818. The van der Waals surface area contributed by atoms with E-state index in [0.717, 1.165) is 12.8 Å². The van der Waals surface area contributed by atoms with Crippen molar-refractivity contribution < 1.29 is 19.8 Å². The lowest BCUT2D eigenvalue weighted by Crippen LogP contribution is -2.50. The Bertz CT molecular complexity index is 275. The van der Waals surface area contributed by atoms with Crippen LogP contribution in [-0.2, 0) is 4.79 Å². The second-order valence-corrected chi connectivity index (χ2v) is 4.52. The third kappa shape index (κ3) is 4.22. The third-order valence-corrected chi connectivity index (χ3v) is 3.08. The van der Waals surface area contributed by atoms with Crippen molar-refractivity contribution in [3.05, 3.63) is 0 Å². The molecule has 1 aliphatic rings. The van der Waals surface area contributed by atoms with E-state index >= 15 is 0 Å². The van der Waals surface area contributed by atoms with E-state index in [-0.39, 0.29) is 19.1 Å². The summed E-state index contributed by atoms with van der Waals surface area (Å²) in [4.78, 5) is 24.2. The van der Waals surface area contributed by atoms with Gasteiger partial charge in [-0.3, -0.25) is 0 Å². The fourth-order valence-electron chi connectivity index (χ4n) is 1.84. The second kappa shape index (κ2) is 6.44. The Morgan fingerprint density at radius 2 is 2.00 bits per heavy atom. The van der Waals surface area contributed by atoms with E-state index < -0.39 is 12.0 Å². The molecule has 1 saturated heterocycles. The van der Waals surface area contributed by atoms with Gasteiger partial charge in [0.1, 0.15) is 6.04 Å². The van der Waals surface area contributed by atoms with Crippen LogP contribution in [0.25, 0.3) is 0 Å². The maximum absolute atomic E-state index is 11.8. The Kier molecular flexibility index (Phi) is 5.21. The molecule has 0 spiro atoms. The van der Waals surface area contributed by atoms with Crippen molar-refractivity contribution in [2.75, 3.05) is 19.7 Å². The number of piperidine rings is 1. The first-order valence-electron chi connectivity index (χ1n) is 5.93. The number of carboxylic acids is 1. The predicted octanol–water partition coefficient (Wildman–Crippen LogP) is 0.263. The van der Waals surface area contributed by atoms with Crippen LogP contribution in [0.15, 0.2) is 0 Å². The lowest BCUT2D eigenvalue weighted by atomic mass is 10.00. The van der Waals surface area contributed by atoms with Crippen LogP contribution >= 0.6 is 0 Å². The number of aliphatic carboxylic acids is 1. The number of carboxylic acid groups (broad SMARTS) is 1. The van der Waals surface area contributed by atoms with Gasteiger partial charge in [0.25, 0.3) is 0 Å². The molecule has 98 valence electrons. The van der Waals surface area contributed by atoms with Crippen molar-refractivity contribution in [3.63, 3.8) is 0 Å². The molecular weight excluding hydrogens is 224 g/mol. The molecular formula is C11H20N2O4. The number of aliphatic hydroxyl groups is 1. The number of hydrogen-bond acceptors (Lipinski definition) is 3. The van der Waals surface area contributed by atoms with E-state index in [2.05, 4.69) is 12.2 Å². The van der Waals surface area contributed by atoms with Gasteiger partial charge in [-0.25, -0.2) is 9.59 Å². The maximum atomic E-state index is 11.8. The molecule has 0 aliphatic carbocycles. The number of carbonyl (C=O) groups excluding carboxylic acids is 1. The Morgan fingerprint density at radius 3 is 2.47 bits per heavy atom. The highest BCUT2D eigenvalue weighted by atomic mass is 16.4. The van der Waals surface area contributed by atoms with Crippen molar-refractivity contribution in [3.8, 4) is 0 Å². The summed E-state index contributed by atoms with van der Waals surface area (Å²) in [5, 5.41) is 20.0. The van der Waals surface area contributed by atoms with E-state index in [4.69, 9.17) is 10.2 Å². The van der Waals surface area contributed by atoms with E-state index in [1.807, 2.05) is 0 Å². The highest BCUT2D eigenvalue weighted by molar-refractivity contribution is 5.82. The smallest absolute Gasteiger partial charge is 0.326 e. The SMILES string of the molecule is CC1CCN(C(=O)N[C@H](CCO)C(=O)O)CC1. The highest BCUT2D eigenvalue weighted by Crippen LogP contribution is 2.15. The fourth-order valence-corrected chi connectivity index (χ4v) is 1.84. The van der Waals surface area contributed by atoms with E-state index in [1.165, 1.54) is 0 Å². The van der Waals surface area contributed by atoms with Gasteiger partial charge in [-0.05, 0) is 18.8 Å². The Labute approximate surface area is 101 Å². The van der Waals surface area contributed by atoms with Crippen molar-refractivity contribution in [1.82, 2.24) is 10.2 Å². The molecule has 2 amide bonds. The summed E-state index contributed by atoms with van der Waals surface area (Å²) in [5.74, 6) is -0.496. The van der Waals surface area contributed by atoms with E-state index in [1.54, 1.807) is 4.90 Å². The Hall–Kier alpha value is -1.30. The molecule has 1 rings (SSSR count). The summed E-state index contributed by atoms with van der Waals surface area (Å²) in [7, 11) is 0. The quantitative estimate of drug-likeness (QED) is 0.662. The molecule has 6 heteroatoms. The summed E-state index contributed by atoms with van der Waals surface area (Å²) in [6.45, 7) is 3.21. The second-order valence-electron chi connectivity index (χ2n) is 4.52. The van der Waals surface area contributed by atoms with Crippen LogP contribution in [0.5, 0.6) is 0 Å². The van der Waals surface area contributed by atoms with Gasteiger partial charge < -0.3 is 20.4 Å². The molecule has 0 bridgehead atoms. The lowest BCUT2D eigenvalue weighted by molar-refractivity contribution is -0.139. The van der Waals surface area contributed by atoms with Gasteiger partial charge in [0.2, 0.25) is 0 Å². The van der Waals surface area contributed by atoms with Crippen LogP contribution in [0.2, 0.25) is 0 Å². The minimum Gasteiger partial charge on any atom is -0.480 e. The summed E-state index contributed by atoms with van der Waals surface area (Å²) < 4.78 is 0. The normalized spacial score (nSPS) is 18.8. The molecule has 1 aliphatic heterocycles. The van der Waals surface area contributed by atoms with Crippen molar-refractivity contribution in [1.29, 1.82) is 0 Å². The monoisotopic (exact) mass is 244 g/mol. The van der Waals surface area contributed by atoms with Crippen LogP contribution in [0.4, 0.5) is 4.79 Å². The molecule has 1 atom stereocenters. The zero-order valence-corrected chi connectivity index (χ0v) is 10.1. The van der Waals surface area contributed by atoms with Crippen LogP contribution < -0.4 is 5.32 Å².